The molecule has 0 aliphatic heterocycles. The molecule has 0 spiro atoms. The number of hydrogen-bond acceptors (Lipinski definition) is 3. The molecule has 0 bridgehead atoms. The largest absolute Gasteiger partial charge is 0.313 e. The maximum atomic E-state index is 4.26. The molecule has 0 saturated carbocycles. The third kappa shape index (κ3) is 4.47. The molecule has 1 aromatic heterocycles. The molecule has 0 amide bonds. The predicted octanol–water partition coefficient (Wildman–Crippen LogP) is 2.35. The Labute approximate surface area is 121 Å². The SMILES string of the molecule is CC(C)NCC(C)NCc1cccc(-n2cccn2)c1. The summed E-state index contributed by atoms with van der Waals surface area (Å²) in [4.78, 5) is 0. The number of nitrogens with one attached hydrogen (secondary N) is 2. The quantitative estimate of drug-likeness (QED) is 0.813. The molecule has 1 heterocycles. The lowest BCUT2D eigenvalue weighted by Gasteiger charge is -2.16. The first kappa shape index (κ1) is 14.8. The lowest BCUT2D eigenvalue weighted by Crippen LogP contribution is -2.38. The summed E-state index contributed by atoms with van der Waals surface area (Å²) in [6.45, 7) is 8.39. The molecule has 0 radical (unpaired) electrons. The van der Waals surface area contributed by atoms with Crippen molar-refractivity contribution in [3.05, 3.63) is 48.3 Å². The molecule has 2 rings (SSSR count). The van der Waals surface area contributed by atoms with Crippen LogP contribution >= 0.6 is 0 Å². The first-order chi connectivity index (χ1) is 9.65. The fraction of sp³-hybridized carbons (Fsp3) is 0.438. The monoisotopic (exact) mass is 272 g/mol. The Morgan fingerprint density at radius 2 is 2.00 bits per heavy atom. The van der Waals surface area contributed by atoms with Gasteiger partial charge in [-0.05, 0) is 30.7 Å². The summed E-state index contributed by atoms with van der Waals surface area (Å²) in [5.41, 5.74) is 2.37. The van der Waals surface area contributed by atoms with E-state index < -0.39 is 0 Å². The van der Waals surface area contributed by atoms with Crippen molar-refractivity contribution in [3.8, 4) is 5.69 Å². The van der Waals surface area contributed by atoms with Crippen LogP contribution < -0.4 is 10.6 Å². The number of nitrogens with zero attached hydrogens (tertiary/aromatic N) is 2. The summed E-state index contributed by atoms with van der Waals surface area (Å²) in [6, 6.07) is 11.4. The summed E-state index contributed by atoms with van der Waals surface area (Å²) < 4.78 is 1.88. The maximum Gasteiger partial charge on any atom is 0.0648 e. The fourth-order valence-corrected chi connectivity index (χ4v) is 2.01. The van der Waals surface area contributed by atoms with Gasteiger partial charge in [-0.3, -0.25) is 0 Å². The Hall–Kier alpha value is -1.65. The van der Waals surface area contributed by atoms with E-state index in [2.05, 4.69) is 60.8 Å². The molecule has 108 valence electrons. The van der Waals surface area contributed by atoms with Gasteiger partial charge in [0.15, 0.2) is 0 Å². The van der Waals surface area contributed by atoms with Crippen molar-refractivity contribution in [1.29, 1.82) is 0 Å². The van der Waals surface area contributed by atoms with Gasteiger partial charge in [-0.2, -0.15) is 5.10 Å². The normalized spacial score (nSPS) is 12.8. The number of hydrogen-bond donors (Lipinski definition) is 2. The lowest BCUT2D eigenvalue weighted by molar-refractivity contribution is 0.474. The van der Waals surface area contributed by atoms with E-state index in [0.717, 1.165) is 18.8 Å². The van der Waals surface area contributed by atoms with Gasteiger partial charge in [-0.25, -0.2) is 4.68 Å². The molecular weight excluding hydrogens is 248 g/mol. The molecule has 20 heavy (non-hydrogen) atoms. The van der Waals surface area contributed by atoms with E-state index in [0.29, 0.717) is 12.1 Å². The van der Waals surface area contributed by atoms with Gasteiger partial charge in [0.1, 0.15) is 0 Å². The molecule has 1 aromatic carbocycles. The van der Waals surface area contributed by atoms with Crippen LogP contribution in [0.5, 0.6) is 0 Å². The van der Waals surface area contributed by atoms with Crippen molar-refractivity contribution in [1.82, 2.24) is 20.4 Å². The Bertz CT molecular complexity index is 505. The summed E-state index contributed by atoms with van der Waals surface area (Å²) in [5.74, 6) is 0. The van der Waals surface area contributed by atoms with Crippen LogP contribution in [0.2, 0.25) is 0 Å². The van der Waals surface area contributed by atoms with Crippen LogP contribution in [0.25, 0.3) is 5.69 Å². The minimum atomic E-state index is 0.450. The average Bonchev–Trinajstić information content (AvgIpc) is 2.97. The van der Waals surface area contributed by atoms with Gasteiger partial charge in [0.05, 0.1) is 5.69 Å². The van der Waals surface area contributed by atoms with Crippen LogP contribution in [-0.2, 0) is 6.54 Å². The minimum Gasteiger partial charge on any atom is -0.313 e. The highest BCUT2D eigenvalue weighted by molar-refractivity contribution is 5.34. The highest BCUT2D eigenvalue weighted by atomic mass is 15.3. The van der Waals surface area contributed by atoms with Crippen molar-refractivity contribution < 1.29 is 0 Å². The van der Waals surface area contributed by atoms with Crippen LogP contribution in [0.3, 0.4) is 0 Å². The molecule has 4 heteroatoms. The van der Waals surface area contributed by atoms with E-state index in [1.165, 1.54) is 5.56 Å². The second-order valence-corrected chi connectivity index (χ2v) is 5.47. The van der Waals surface area contributed by atoms with E-state index in [1.807, 2.05) is 16.9 Å². The van der Waals surface area contributed by atoms with Crippen LogP contribution in [0.4, 0.5) is 0 Å². The second kappa shape index (κ2) is 7.22. The molecule has 1 atom stereocenters. The Morgan fingerprint density at radius 1 is 1.15 bits per heavy atom. The van der Waals surface area contributed by atoms with Gasteiger partial charge >= 0.3 is 0 Å². The minimum absolute atomic E-state index is 0.450. The van der Waals surface area contributed by atoms with Crippen LogP contribution in [0, 0.1) is 0 Å². The molecule has 2 N–H and O–H groups in total. The number of rotatable bonds is 7. The van der Waals surface area contributed by atoms with Crippen molar-refractivity contribution in [3.63, 3.8) is 0 Å². The van der Waals surface area contributed by atoms with E-state index >= 15 is 0 Å². The Balaban J connectivity index is 1.89. The Morgan fingerprint density at radius 3 is 2.70 bits per heavy atom. The third-order valence-electron chi connectivity index (χ3n) is 3.17. The predicted molar refractivity (Wildman–Crippen MR) is 83.0 cm³/mol. The Kier molecular flexibility index (Phi) is 5.32. The molecule has 2 aromatic rings. The third-order valence-corrected chi connectivity index (χ3v) is 3.17. The topological polar surface area (TPSA) is 41.9 Å². The first-order valence-electron chi connectivity index (χ1n) is 7.21. The van der Waals surface area contributed by atoms with Gasteiger partial charge in [0.2, 0.25) is 0 Å². The standard InChI is InChI=1S/C16H24N4/c1-13(2)17-11-14(3)18-12-15-6-4-7-16(10-15)20-9-5-8-19-20/h4-10,13-14,17-18H,11-12H2,1-3H3. The van der Waals surface area contributed by atoms with E-state index in [1.54, 1.807) is 6.20 Å². The average molecular weight is 272 g/mol. The van der Waals surface area contributed by atoms with Gasteiger partial charge in [0.25, 0.3) is 0 Å². The molecule has 0 aliphatic carbocycles. The van der Waals surface area contributed by atoms with Crippen LogP contribution in [0.15, 0.2) is 42.7 Å². The zero-order valence-electron chi connectivity index (χ0n) is 12.5. The van der Waals surface area contributed by atoms with Gasteiger partial charge in [0, 0.05) is 37.6 Å². The fourth-order valence-electron chi connectivity index (χ4n) is 2.01. The highest BCUT2D eigenvalue weighted by Gasteiger charge is 2.03. The molecule has 1 unspecified atom stereocenters. The van der Waals surface area contributed by atoms with Gasteiger partial charge in [-0.15, -0.1) is 0 Å². The first-order valence-corrected chi connectivity index (χ1v) is 7.21. The highest BCUT2D eigenvalue weighted by Crippen LogP contribution is 2.09. The summed E-state index contributed by atoms with van der Waals surface area (Å²) in [6.07, 6.45) is 3.76. The zero-order chi connectivity index (χ0) is 14.4. The van der Waals surface area contributed by atoms with E-state index in [-0.39, 0.29) is 0 Å². The van der Waals surface area contributed by atoms with Crippen molar-refractivity contribution in [2.24, 2.45) is 0 Å². The summed E-state index contributed by atoms with van der Waals surface area (Å²) in [5, 5.41) is 11.2. The smallest absolute Gasteiger partial charge is 0.0648 e. The molecule has 0 aliphatic rings. The van der Waals surface area contributed by atoms with E-state index in [4.69, 9.17) is 0 Å². The van der Waals surface area contributed by atoms with Crippen molar-refractivity contribution >= 4 is 0 Å². The van der Waals surface area contributed by atoms with Crippen LogP contribution in [0.1, 0.15) is 26.3 Å². The maximum absolute atomic E-state index is 4.26. The zero-order valence-corrected chi connectivity index (χ0v) is 12.5. The number of aromatic nitrogens is 2. The van der Waals surface area contributed by atoms with E-state index in [9.17, 15) is 0 Å². The van der Waals surface area contributed by atoms with Gasteiger partial charge < -0.3 is 10.6 Å². The summed E-state index contributed by atoms with van der Waals surface area (Å²) >= 11 is 0. The second-order valence-electron chi connectivity index (χ2n) is 5.47. The molecule has 0 fully saturated rings. The molecule has 0 saturated heterocycles. The molecule has 4 nitrogen and oxygen atoms in total. The lowest BCUT2D eigenvalue weighted by atomic mass is 10.2. The summed E-state index contributed by atoms with van der Waals surface area (Å²) in [7, 11) is 0. The van der Waals surface area contributed by atoms with Crippen molar-refractivity contribution in [2.45, 2.75) is 39.4 Å². The van der Waals surface area contributed by atoms with Crippen LogP contribution in [-0.4, -0.2) is 28.4 Å². The van der Waals surface area contributed by atoms with Crippen molar-refractivity contribution in [2.75, 3.05) is 6.54 Å². The van der Waals surface area contributed by atoms with Gasteiger partial charge in [-0.1, -0.05) is 26.0 Å². The molecular formula is C16H24N4. The number of benzene rings is 1.